The van der Waals surface area contributed by atoms with Crippen LogP contribution in [0.25, 0.3) is 0 Å². The lowest BCUT2D eigenvalue weighted by molar-refractivity contribution is 0.0600. The van der Waals surface area contributed by atoms with Gasteiger partial charge in [-0.25, -0.2) is 4.79 Å². The standard InChI is InChI=1S/C16H24N2O4/c1-20-14-11-13(16(19)22-3)10-12(15(14)21-2)4-7-18-8-5-17-6-9-18/h10-11,17H,4-9H2,1-3H3. The minimum Gasteiger partial charge on any atom is -0.493 e. The number of hydrogen-bond acceptors (Lipinski definition) is 6. The molecular weight excluding hydrogens is 284 g/mol. The molecule has 0 saturated carbocycles. The first kappa shape index (κ1) is 16.6. The van der Waals surface area contributed by atoms with Crippen LogP contribution in [0.1, 0.15) is 15.9 Å². The molecule has 6 nitrogen and oxygen atoms in total. The second-order valence-corrected chi connectivity index (χ2v) is 5.20. The van der Waals surface area contributed by atoms with Crippen molar-refractivity contribution < 1.29 is 19.0 Å². The Morgan fingerprint density at radius 3 is 2.50 bits per heavy atom. The van der Waals surface area contributed by atoms with Gasteiger partial charge >= 0.3 is 5.97 Å². The van der Waals surface area contributed by atoms with Crippen molar-refractivity contribution in [1.29, 1.82) is 0 Å². The Kier molecular flexibility index (Phi) is 6.03. The van der Waals surface area contributed by atoms with Gasteiger partial charge < -0.3 is 24.4 Å². The van der Waals surface area contributed by atoms with E-state index in [1.807, 2.05) is 6.07 Å². The quantitative estimate of drug-likeness (QED) is 0.789. The fourth-order valence-electron chi connectivity index (χ4n) is 2.68. The summed E-state index contributed by atoms with van der Waals surface area (Å²) in [7, 11) is 4.56. The van der Waals surface area contributed by atoms with Gasteiger partial charge in [0.1, 0.15) is 0 Å². The number of ether oxygens (including phenoxy) is 3. The van der Waals surface area contributed by atoms with Gasteiger partial charge in [0.2, 0.25) is 0 Å². The summed E-state index contributed by atoms with van der Waals surface area (Å²) in [6.07, 6.45) is 0.796. The molecule has 0 atom stereocenters. The topological polar surface area (TPSA) is 60.0 Å². The van der Waals surface area contributed by atoms with E-state index in [0.29, 0.717) is 17.1 Å². The molecule has 1 N–H and O–H groups in total. The van der Waals surface area contributed by atoms with Gasteiger partial charge in [0.15, 0.2) is 11.5 Å². The minimum atomic E-state index is -0.371. The highest BCUT2D eigenvalue weighted by Crippen LogP contribution is 2.33. The first-order valence-corrected chi connectivity index (χ1v) is 7.46. The molecule has 0 aromatic heterocycles. The van der Waals surface area contributed by atoms with Crippen LogP contribution in [0.3, 0.4) is 0 Å². The van der Waals surface area contributed by atoms with Crippen molar-refractivity contribution in [1.82, 2.24) is 10.2 Å². The van der Waals surface area contributed by atoms with Gasteiger partial charge in [-0.1, -0.05) is 0 Å². The normalized spacial score (nSPS) is 15.4. The van der Waals surface area contributed by atoms with Crippen molar-refractivity contribution in [2.24, 2.45) is 0 Å². The minimum absolute atomic E-state index is 0.371. The number of methoxy groups -OCH3 is 3. The number of carbonyl (C=O) groups is 1. The van der Waals surface area contributed by atoms with Crippen LogP contribution >= 0.6 is 0 Å². The highest BCUT2D eigenvalue weighted by Gasteiger charge is 2.18. The van der Waals surface area contributed by atoms with Crippen LogP contribution in [0.5, 0.6) is 11.5 Å². The lowest BCUT2D eigenvalue weighted by atomic mass is 10.0. The van der Waals surface area contributed by atoms with Crippen LogP contribution in [0, 0.1) is 0 Å². The molecule has 1 saturated heterocycles. The number of carbonyl (C=O) groups excluding carboxylic acids is 1. The maximum atomic E-state index is 11.8. The number of nitrogens with one attached hydrogen (secondary N) is 1. The Balaban J connectivity index is 2.20. The van der Waals surface area contributed by atoms with E-state index in [-0.39, 0.29) is 5.97 Å². The van der Waals surface area contributed by atoms with Crippen LogP contribution < -0.4 is 14.8 Å². The number of rotatable bonds is 6. The summed E-state index contributed by atoms with van der Waals surface area (Å²) in [4.78, 5) is 14.2. The molecule has 1 aromatic rings. The molecule has 122 valence electrons. The predicted octanol–water partition coefficient (Wildman–Crippen LogP) is 0.938. The zero-order chi connectivity index (χ0) is 15.9. The van der Waals surface area contributed by atoms with Gasteiger partial charge in [0.05, 0.1) is 26.9 Å². The summed E-state index contributed by atoms with van der Waals surface area (Å²) in [5, 5.41) is 3.34. The number of esters is 1. The molecular formula is C16H24N2O4. The summed E-state index contributed by atoms with van der Waals surface area (Å²) in [6, 6.07) is 3.48. The molecule has 0 spiro atoms. The Morgan fingerprint density at radius 2 is 1.91 bits per heavy atom. The van der Waals surface area contributed by atoms with Crippen molar-refractivity contribution in [2.45, 2.75) is 6.42 Å². The highest BCUT2D eigenvalue weighted by atomic mass is 16.5. The van der Waals surface area contributed by atoms with Gasteiger partial charge in [-0.3, -0.25) is 0 Å². The van der Waals surface area contributed by atoms with Gasteiger partial charge in [-0.2, -0.15) is 0 Å². The summed E-state index contributed by atoms with van der Waals surface area (Å²) in [5.74, 6) is 0.871. The maximum Gasteiger partial charge on any atom is 0.337 e. The van der Waals surface area contributed by atoms with Crippen molar-refractivity contribution >= 4 is 5.97 Å². The molecule has 1 heterocycles. The molecule has 0 bridgehead atoms. The summed E-state index contributed by atoms with van der Waals surface area (Å²) >= 11 is 0. The molecule has 0 radical (unpaired) electrons. The molecule has 1 aliphatic rings. The fraction of sp³-hybridized carbons (Fsp3) is 0.562. The van der Waals surface area contributed by atoms with Crippen molar-refractivity contribution in [3.8, 4) is 11.5 Å². The number of nitrogens with zero attached hydrogens (tertiary/aromatic N) is 1. The zero-order valence-electron chi connectivity index (χ0n) is 13.5. The first-order chi connectivity index (χ1) is 10.7. The molecule has 6 heteroatoms. The molecule has 0 aliphatic carbocycles. The van der Waals surface area contributed by atoms with E-state index in [1.54, 1.807) is 20.3 Å². The third-order valence-corrected chi connectivity index (χ3v) is 3.88. The van der Waals surface area contributed by atoms with Crippen LogP contribution in [0.4, 0.5) is 0 Å². The van der Waals surface area contributed by atoms with Crippen LogP contribution in [-0.2, 0) is 11.2 Å². The average Bonchev–Trinajstić information content (AvgIpc) is 2.59. The number of hydrogen-bond donors (Lipinski definition) is 1. The second-order valence-electron chi connectivity index (χ2n) is 5.20. The molecule has 22 heavy (non-hydrogen) atoms. The Labute approximate surface area is 131 Å². The fourth-order valence-corrected chi connectivity index (χ4v) is 2.68. The third-order valence-electron chi connectivity index (χ3n) is 3.88. The first-order valence-electron chi connectivity index (χ1n) is 7.46. The summed E-state index contributed by atoms with van der Waals surface area (Å²) in [6.45, 7) is 5.03. The van der Waals surface area contributed by atoms with E-state index in [0.717, 1.165) is 44.7 Å². The zero-order valence-corrected chi connectivity index (χ0v) is 13.5. The van der Waals surface area contributed by atoms with E-state index < -0.39 is 0 Å². The molecule has 1 aliphatic heterocycles. The lowest BCUT2D eigenvalue weighted by Crippen LogP contribution is -2.44. The molecule has 2 rings (SSSR count). The van der Waals surface area contributed by atoms with E-state index in [2.05, 4.69) is 10.2 Å². The second kappa shape index (κ2) is 8.00. The SMILES string of the molecule is COC(=O)c1cc(CCN2CCNCC2)c(OC)c(OC)c1. The van der Waals surface area contributed by atoms with Crippen molar-refractivity contribution in [3.63, 3.8) is 0 Å². The van der Waals surface area contributed by atoms with Crippen molar-refractivity contribution in [2.75, 3.05) is 54.1 Å². The molecule has 1 fully saturated rings. The Hall–Kier alpha value is -1.79. The van der Waals surface area contributed by atoms with Crippen molar-refractivity contribution in [3.05, 3.63) is 23.3 Å². The van der Waals surface area contributed by atoms with Crippen LogP contribution in [0.2, 0.25) is 0 Å². The highest BCUT2D eigenvalue weighted by molar-refractivity contribution is 5.90. The van der Waals surface area contributed by atoms with E-state index in [4.69, 9.17) is 14.2 Å². The van der Waals surface area contributed by atoms with Gasteiger partial charge in [0, 0.05) is 38.3 Å². The lowest BCUT2D eigenvalue weighted by Gasteiger charge is -2.27. The predicted molar refractivity (Wildman–Crippen MR) is 83.9 cm³/mol. The number of benzene rings is 1. The van der Waals surface area contributed by atoms with Gasteiger partial charge in [0.25, 0.3) is 0 Å². The van der Waals surface area contributed by atoms with Gasteiger partial charge in [-0.15, -0.1) is 0 Å². The Bertz CT molecular complexity index is 513. The van der Waals surface area contributed by atoms with Crippen LogP contribution in [0.15, 0.2) is 12.1 Å². The molecule has 0 amide bonds. The molecule has 0 unspecified atom stereocenters. The van der Waals surface area contributed by atoms with E-state index in [9.17, 15) is 4.79 Å². The average molecular weight is 308 g/mol. The smallest absolute Gasteiger partial charge is 0.337 e. The summed E-state index contributed by atoms with van der Waals surface area (Å²) in [5.41, 5.74) is 1.44. The maximum absolute atomic E-state index is 11.8. The largest absolute Gasteiger partial charge is 0.493 e. The third kappa shape index (κ3) is 3.90. The Morgan fingerprint density at radius 1 is 1.18 bits per heavy atom. The monoisotopic (exact) mass is 308 g/mol. The van der Waals surface area contributed by atoms with E-state index in [1.165, 1.54) is 7.11 Å². The molecule has 1 aromatic carbocycles. The van der Waals surface area contributed by atoms with E-state index >= 15 is 0 Å². The number of piperazine rings is 1. The van der Waals surface area contributed by atoms with Gasteiger partial charge in [-0.05, 0) is 18.6 Å². The van der Waals surface area contributed by atoms with Crippen LogP contribution in [-0.4, -0.2) is 64.9 Å². The summed E-state index contributed by atoms with van der Waals surface area (Å²) < 4.78 is 15.6.